The van der Waals surface area contributed by atoms with Crippen molar-refractivity contribution in [1.82, 2.24) is 15.2 Å². The smallest absolute Gasteiger partial charge is 0.407 e. The summed E-state index contributed by atoms with van der Waals surface area (Å²) < 4.78 is 10.7. The zero-order valence-corrected chi connectivity index (χ0v) is 18.6. The first-order valence-electron chi connectivity index (χ1n) is 11.2. The lowest BCUT2D eigenvalue weighted by Crippen LogP contribution is -2.41. The Labute approximate surface area is 200 Å². The van der Waals surface area contributed by atoms with E-state index in [1.54, 1.807) is 0 Å². The van der Waals surface area contributed by atoms with E-state index in [2.05, 4.69) is 10.3 Å². The molecule has 2 aliphatic rings. The Morgan fingerprint density at radius 1 is 1.09 bits per heavy atom. The Morgan fingerprint density at radius 3 is 2.40 bits per heavy atom. The molecule has 0 saturated carbocycles. The van der Waals surface area contributed by atoms with E-state index >= 15 is 0 Å². The minimum atomic E-state index is -1.21. The molecular weight excluding hydrogens is 454 g/mol. The predicted molar refractivity (Wildman–Crippen MR) is 121 cm³/mol. The van der Waals surface area contributed by atoms with Crippen LogP contribution in [0.25, 0.3) is 11.1 Å². The number of aromatic nitrogens is 1. The van der Waals surface area contributed by atoms with Crippen LogP contribution >= 0.6 is 0 Å². The van der Waals surface area contributed by atoms with Crippen molar-refractivity contribution >= 4 is 18.0 Å². The number of benzene rings is 2. The topological polar surface area (TPSA) is 142 Å². The summed E-state index contributed by atoms with van der Waals surface area (Å²) in [6, 6.07) is 14.8. The van der Waals surface area contributed by atoms with Crippen LogP contribution in [0.15, 0.2) is 59.3 Å². The van der Waals surface area contributed by atoms with E-state index in [9.17, 15) is 24.6 Å². The second-order valence-corrected chi connectivity index (χ2v) is 8.50. The average Bonchev–Trinajstić information content (AvgIpc) is 3.57. The fraction of sp³-hybridized carbons (Fsp3) is 0.280. The van der Waals surface area contributed by atoms with Gasteiger partial charge in [0.25, 0.3) is 5.91 Å². The number of hydrogen-bond acceptors (Lipinski definition) is 7. The van der Waals surface area contributed by atoms with E-state index in [0.717, 1.165) is 33.5 Å². The molecular formula is C25H23N3O7. The molecule has 0 radical (unpaired) electrons. The van der Waals surface area contributed by atoms with Crippen LogP contribution in [0.3, 0.4) is 0 Å². The van der Waals surface area contributed by atoms with Gasteiger partial charge in [0.1, 0.15) is 12.6 Å². The number of aliphatic carboxylic acids is 1. The molecule has 10 nitrogen and oxygen atoms in total. The summed E-state index contributed by atoms with van der Waals surface area (Å²) in [5, 5.41) is 21.7. The van der Waals surface area contributed by atoms with Crippen molar-refractivity contribution < 1.29 is 33.8 Å². The van der Waals surface area contributed by atoms with E-state index in [1.165, 1.54) is 0 Å². The Bertz CT molecular complexity index is 1240. The number of hydrogen-bond donors (Lipinski definition) is 3. The minimum Gasteiger partial charge on any atom is -0.480 e. The second-order valence-electron chi connectivity index (χ2n) is 8.50. The van der Waals surface area contributed by atoms with Gasteiger partial charge in [-0.25, -0.2) is 14.6 Å². The van der Waals surface area contributed by atoms with Gasteiger partial charge in [0.15, 0.2) is 17.8 Å². The van der Waals surface area contributed by atoms with Crippen LogP contribution in [-0.4, -0.2) is 63.4 Å². The summed E-state index contributed by atoms with van der Waals surface area (Å²) in [5.41, 5.74) is 4.29. The molecule has 2 heterocycles. The fourth-order valence-electron chi connectivity index (χ4n) is 4.78. The van der Waals surface area contributed by atoms with Crippen LogP contribution in [0.5, 0.6) is 0 Å². The molecule has 35 heavy (non-hydrogen) atoms. The molecule has 5 rings (SSSR count). The molecule has 1 fully saturated rings. The number of β-amino-alcohol motifs (C(OH)–C–C–N with tert-alkyl or cyclic N) is 1. The Kier molecular flexibility index (Phi) is 5.96. The first-order valence-corrected chi connectivity index (χ1v) is 11.2. The molecule has 3 aromatic rings. The van der Waals surface area contributed by atoms with Gasteiger partial charge in [-0.2, -0.15) is 0 Å². The largest absolute Gasteiger partial charge is 0.480 e. The molecule has 2 unspecified atom stereocenters. The number of carbonyl (C=O) groups is 3. The van der Waals surface area contributed by atoms with E-state index in [-0.39, 0.29) is 43.5 Å². The number of likely N-dealkylation sites (tertiary alicyclic amines) is 1. The molecule has 180 valence electrons. The Hall–Kier alpha value is -4.18. The molecule has 10 heteroatoms. The van der Waals surface area contributed by atoms with Gasteiger partial charge in [-0.05, 0) is 22.3 Å². The zero-order chi connectivity index (χ0) is 24.5. The van der Waals surface area contributed by atoms with Crippen molar-refractivity contribution in [2.24, 2.45) is 0 Å². The van der Waals surface area contributed by atoms with E-state index in [4.69, 9.17) is 9.15 Å². The SMILES string of the molecule is O=C(NCc1ocnc1C(=O)N1CC(O)CC1C(=O)O)OCC1c2ccccc2-c2ccccc21. The molecule has 1 saturated heterocycles. The number of ether oxygens (including phenoxy) is 1. The molecule has 1 aliphatic carbocycles. The molecule has 0 spiro atoms. The van der Waals surface area contributed by atoms with Crippen LogP contribution in [0.2, 0.25) is 0 Å². The summed E-state index contributed by atoms with van der Waals surface area (Å²) in [4.78, 5) is 41.7. The Morgan fingerprint density at radius 2 is 1.74 bits per heavy atom. The second kappa shape index (κ2) is 9.22. The lowest BCUT2D eigenvalue weighted by molar-refractivity contribution is -0.141. The van der Waals surface area contributed by atoms with Gasteiger partial charge in [0, 0.05) is 18.9 Å². The van der Waals surface area contributed by atoms with Gasteiger partial charge in [-0.3, -0.25) is 4.79 Å². The fourth-order valence-corrected chi connectivity index (χ4v) is 4.78. The number of aliphatic hydroxyl groups excluding tert-OH is 1. The van der Waals surface area contributed by atoms with Crippen molar-refractivity contribution in [2.75, 3.05) is 13.2 Å². The first-order chi connectivity index (χ1) is 16.9. The van der Waals surface area contributed by atoms with Crippen LogP contribution in [0, 0.1) is 0 Å². The van der Waals surface area contributed by atoms with Crippen molar-refractivity contribution in [2.45, 2.75) is 31.0 Å². The number of carboxylic acid groups (broad SMARTS) is 1. The maximum atomic E-state index is 12.9. The van der Waals surface area contributed by atoms with Crippen LogP contribution in [-0.2, 0) is 16.1 Å². The molecule has 1 aromatic heterocycles. The number of alkyl carbamates (subject to hydrolysis) is 1. The van der Waals surface area contributed by atoms with Crippen molar-refractivity contribution in [3.63, 3.8) is 0 Å². The third-order valence-corrected chi connectivity index (χ3v) is 6.41. The number of nitrogens with one attached hydrogen (secondary N) is 1. The summed E-state index contributed by atoms with van der Waals surface area (Å²) >= 11 is 0. The Balaban J connectivity index is 1.22. The lowest BCUT2D eigenvalue weighted by Gasteiger charge is -2.20. The van der Waals surface area contributed by atoms with E-state index < -0.39 is 30.1 Å². The van der Waals surface area contributed by atoms with Crippen LogP contribution < -0.4 is 5.32 Å². The van der Waals surface area contributed by atoms with E-state index in [1.807, 2.05) is 48.5 Å². The van der Waals surface area contributed by atoms with Gasteiger partial charge in [0.2, 0.25) is 0 Å². The lowest BCUT2D eigenvalue weighted by atomic mass is 9.98. The van der Waals surface area contributed by atoms with Gasteiger partial charge in [-0.15, -0.1) is 0 Å². The number of aliphatic hydroxyl groups is 1. The van der Waals surface area contributed by atoms with Crippen molar-refractivity contribution in [3.8, 4) is 11.1 Å². The standard InChI is InChI=1S/C25H23N3O7/c29-14-9-20(24(31)32)28(11-14)23(30)22-21(35-13-27-22)10-26-25(33)34-12-19-17-7-3-1-5-15(17)16-6-2-4-8-18(16)19/h1-8,13-14,19-20,29H,9-12H2,(H,26,33)(H,31,32). The molecule has 2 aromatic carbocycles. The highest BCUT2D eigenvalue weighted by molar-refractivity contribution is 5.96. The highest BCUT2D eigenvalue weighted by atomic mass is 16.5. The molecule has 3 N–H and O–H groups in total. The molecule has 1 aliphatic heterocycles. The van der Waals surface area contributed by atoms with Crippen LogP contribution in [0.1, 0.15) is 39.7 Å². The van der Waals surface area contributed by atoms with Crippen molar-refractivity contribution in [1.29, 1.82) is 0 Å². The van der Waals surface area contributed by atoms with E-state index in [0.29, 0.717) is 0 Å². The number of oxazole rings is 1. The average molecular weight is 477 g/mol. The number of amides is 2. The number of fused-ring (bicyclic) bond motifs is 3. The molecule has 0 bridgehead atoms. The zero-order valence-electron chi connectivity index (χ0n) is 18.6. The minimum absolute atomic E-state index is 0.0632. The summed E-state index contributed by atoms with van der Waals surface area (Å²) in [6.07, 6.45) is -0.646. The van der Waals surface area contributed by atoms with Gasteiger partial charge < -0.3 is 29.6 Å². The third kappa shape index (κ3) is 4.24. The number of rotatable bonds is 6. The number of carbonyl (C=O) groups excluding carboxylic acids is 2. The monoisotopic (exact) mass is 477 g/mol. The summed E-state index contributed by atoms with van der Waals surface area (Å²) in [6.45, 7) is -0.165. The number of carboxylic acids is 1. The molecule has 2 atom stereocenters. The first kappa shape index (κ1) is 22.6. The quantitative estimate of drug-likeness (QED) is 0.491. The summed E-state index contributed by atoms with van der Waals surface area (Å²) in [5.74, 6) is -1.93. The maximum absolute atomic E-state index is 12.9. The van der Waals surface area contributed by atoms with Crippen LogP contribution in [0.4, 0.5) is 4.79 Å². The number of nitrogens with zero attached hydrogens (tertiary/aromatic N) is 2. The predicted octanol–water partition coefficient (Wildman–Crippen LogP) is 2.37. The van der Waals surface area contributed by atoms with Crippen molar-refractivity contribution in [3.05, 3.63) is 77.5 Å². The highest BCUT2D eigenvalue weighted by Crippen LogP contribution is 2.44. The third-order valence-electron chi connectivity index (χ3n) is 6.41. The normalized spacial score (nSPS) is 18.7. The van der Waals surface area contributed by atoms with Gasteiger partial charge >= 0.3 is 12.1 Å². The van der Waals surface area contributed by atoms with Gasteiger partial charge in [0.05, 0.1) is 12.6 Å². The summed E-state index contributed by atoms with van der Waals surface area (Å²) in [7, 11) is 0. The highest BCUT2D eigenvalue weighted by Gasteiger charge is 2.40. The van der Waals surface area contributed by atoms with Gasteiger partial charge in [-0.1, -0.05) is 48.5 Å². The molecule has 2 amide bonds. The maximum Gasteiger partial charge on any atom is 0.407 e.